The van der Waals surface area contributed by atoms with Crippen LogP contribution in [0, 0.1) is 5.92 Å². The molecule has 0 saturated carbocycles. The molecule has 1 aromatic heterocycles. The largest absolute Gasteiger partial charge is 0.388 e. The Bertz CT molecular complexity index is 306. The fraction of sp³-hybridized carbons (Fsp3) is 0.700. The van der Waals surface area contributed by atoms with Crippen LogP contribution in [0.5, 0.6) is 0 Å². The normalized spacial score (nSPS) is 27.3. The van der Waals surface area contributed by atoms with Crippen molar-refractivity contribution in [1.29, 1.82) is 0 Å². The molecule has 1 aromatic rings. The Morgan fingerprint density at radius 2 is 2.46 bits per heavy atom. The molecule has 0 bridgehead atoms. The van der Waals surface area contributed by atoms with Crippen LogP contribution >= 0.6 is 0 Å². The van der Waals surface area contributed by atoms with Crippen molar-refractivity contribution < 1.29 is 5.11 Å². The second-order valence-corrected chi connectivity index (χ2v) is 3.86. The van der Waals surface area contributed by atoms with Crippen molar-refractivity contribution in [3.05, 3.63) is 17.5 Å². The van der Waals surface area contributed by atoms with Crippen LogP contribution in [0.3, 0.4) is 0 Å². The third-order valence-electron chi connectivity index (χ3n) is 2.98. The highest BCUT2D eigenvalue weighted by Gasteiger charge is 2.28. The first kappa shape index (κ1) is 8.75. The average Bonchev–Trinajstić information content (AvgIpc) is 2.47. The molecule has 0 spiro atoms. The Hall–Kier alpha value is -0.830. The van der Waals surface area contributed by atoms with Crippen LogP contribution in [-0.2, 0) is 13.5 Å². The Labute approximate surface area is 78.4 Å². The van der Waals surface area contributed by atoms with E-state index in [0.717, 1.165) is 30.5 Å². The van der Waals surface area contributed by atoms with Crippen LogP contribution < -0.4 is 0 Å². The predicted molar refractivity (Wildman–Crippen MR) is 50.3 cm³/mol. The summed E-state index contributed by atoms with van der Waals surface area (Å²) in [6.45, 7) is 2.13. The topological polar surface area (TPSA) is 38.0 Å². The van der Waals surface area contributed by atoms with Gasteiger partial charge in [0.15, 0.2) is 0 Å². The third-order valence-corrected chi connectivity index (χ3v) is 2.98. The summed E-state index contributed by atoms with van der Waals surface area (Å²) in [5.74, 6) is 0.427. The van der Waals surface area contributed by atoms with E-state index in [-0.39, 0.29) is 6.10 Å². The Balaban J connectivity index is 2.33. The Morgan fingerprint density at radius 3 is 3.15 bits per heavy atom. The zero-order valence-corrected chi connectivity index (χ0v) is 8.20. The maximum Gasteiger partial charge on any atom is 0.0851 e. The highest BCUT2D eigenvalue weighted by Crippen LogP contribution is 2.35. The average molecular weight is 180 g/mol. The molecule has 13 heavy (non-hydrogen) atoms. The third kappa shape index (κ3) is 1.37. The van der Waals surface area contributed by atoms with Crippen molar-refractivity contribution in [3.8, 4) is 0 Å². The summed E-state index contributed by atoms with van der Waals surface area (Å²) >= 11 is 0. The van der Waals surface area contributed by atoms with E-state index < -0.39 is 0 Å². The van der Waals surface area contributed by atoms with Gasteiger partial charge in [0.1, 0.15) is 0 Å². The quantitative estimate of drug-likeness (QED) is 0.710. The summed E-state index contributed by atoms with van der Waals surface area (Å²) in [4.78, 5) is 0. The van der Waals surface area contributed by atoms with Gasteiger partial charge in [-0.2, -0.15) is 5.10 Å². The molecule has 0 radical (unpaired) electrons. The van der Waals surface area contributed by atoms with Gasteiger partial charge in [-0.25, -0.2) is 0 Å². The van der Waals surface area contributed by atoms with Gasteiger partial charge in [-0.15, -0.1) is 0 Å². The molecular formula is C10H16N2O. The number of aliphatic hydroxyl groups excluding tert-OH is 1. The van der Waals surface area contributed by atoms with Gasteiger partial charge in [-0.05, 0) is 18.8 Å². The van der Waals surface area contributed by atoms with Gasteiger partial charge in [0.2, 0.25) is 0 Å². The number of hydrogen-bond donors (Lipinski definition) is 1. The number of hydrogen-bond acceptors (Lipinski definition) is 2. The monoisotopic (exact) mass is 180 g/mol. The number of aliphatic hydroxyl groups is 1. The van der Waals surface area contributed by atoms with Crippen LogP contribution in [-0.4, -0.2) is 14.9 Å². The molecule has 1 aliphatic rings. The lowest BCUT2D eigenvalue weighted by atomic mass is 9.84. The molecule has 2 atom stereocenters. The first-order valence-corrected chi connectivity index (χ1v) is 4.93. The molecule has 0 aromatic carbocycles. The zero-order valence-electron chi connectivity index (χ0n) is 8.20. The fourth-order valence-corrected chi connectivity index (χ4v) is 2.16. The molecule has 3 nitrogen and oxygen atoms in total. The van der Waals surface area contributed by atoms with Crippen molar-refractivity contribution in [2.75, 3.05) is 0 Å². The summed E-state index contributed by atoms with van der Waals surface area (Å²) in [6.07, 6.45) is 4.80. The van der Waals surface area contributed by atoms with Gasteiger partial charge in [0, 0.05) is 18.8 Å². The van der Waals surface area contributed by atoms with Gasteiger partial charge in [0.25, 0.3) is 0 Å². The smallest absolute Gasteiger partial charge is 0.0851 e. The van der Waals surface area contributed by atoms with Gasteiger partial charge >= 0.3 is 0 Å². The molecule has 2 unspecified atom stereocenters. The van der Waals surface area contributed by atoms with E-state index in [0.29, 0.717) is 5.92 Å². The van der Waals surface area contributed by atoms with Gasteiger partial charge in [-0.1, -0.05) is 13.3 Å². The van der Waals surface area contributed by atoms with Crippen molar-refractivity contribution in [3.63, 3.8) is 0 Å². The summed E-state index contributed by atoms with van der Waals surface area (Å²) in [6, 6.07) is 0. The Kier molecular flexibility index (Phi) is 2.12. The minimum Gasteiger partial charge on any atom is -0.388 e. The lowest BCUT2D eigenvalue weighted by Crippen LogP contribution is -2.18. The molecule has 0 amide bonds. The SMILES string of the molecule is CCC1CCc2nn(C)cc2C1O. The molecule has 0 saturated heterocycles. The maximum absolute atomic E-state index is 9.98. The lowest BCUT2D eigenvalue weighted by Gasteiger charge is -2.25. The first-order chi connectivity index (χ1) is 6.22. The maximum atomic E-state index is 9.98. The van der Waals surface area contributed by atoms with E-state index in [9.17, 15) is 5.11 Å². The summed E-state index contributed by atoms with van der Waals surface area (Å²) < 4.78 is 1.80. The van der Waals surface area contributed by atoms with Crippen LogP contribution in [0.2, 0.25) is 0 Å². The molecule has 1 N–H and O–H groups in total. The van der Waals surface area contributed by atoms with Gasteiger partial charge < -0.3 is 5.11 Å². The van der Waals surface area contributed by atoms with E-state index in [1.165, 1.54) is 0 Å². The summed E-state index contributed by atoms with van der Waals surface area (Å²) in [7, 11) is 1.91. The van der Waals surface area contributed by atoms with E-state index in [1.807, 2.05) is 13.2 Å². The highest BCUT2D eigenvalue weighted by molar-refractivity contribution is 5.23. The molecule has 3 heteroatoms. The van der Waals surface area contributed by atoms with Crippen LogP contribution in [0.1, 0.15) is 37.1 Å². The van der Waals surface area contributed by atoms with Crippen LogP contribution in [0.4, 0.5) is 0 Å². The number of aryl methyl sites for hydroxylation is 2. The molecule has 2 rings (SSSR count). The molecule has 1 heterocycles. The molecule has 0 aliphatic heterocycles. The minimum atomic E-state index is -0.289. The Morgan fingerprint density at radius 1 is 1.69 bits per heavy atom. The molecular weight excluding hydrogens is 164 g/mol. The molecule has 72 valence electrons. The van der Waals surface area contributed by atoms with Crippen LogP contribution in [0.15, 0.2) is 6.20 Å². The minimum absolute atomic E-state index is 0.289. The molecule has 1 aliphatic carbocycles. The van der Waals surface area contributed by atoms with Gasteiger partial charge in [0.05, 0.1) is 11.8 Å². The molecule has 0 fully saturated rings. The second-order valence-electron chi connectivity index (χ2n) is 3.86. The summed E-state index contributed by atoms with van der Waals surface area (Å²) in [5, 5.41) is 14.3. The first-order valence-electron chi connectivity index (χ1n) is 4.93. The highest BCUT2D eigenvalue weighted by atomic mass is 16.3. The van der Waals surface area contributed by atoms with Crippen molar-refractivity contribution in [2.24, 2.45) is 13.0 Å². The predicted octanol–water partition coefficient (Wildman–Crippen LogP) is 1.43. The van der Waals surface area contributed by atoms with Crippen LogP contribution in [0.25, 0.3) is 0 Å². The number of rotatable bonds is 1. The van der Waals surface area contributed by atoms with Gasteiger partial charge in [-0.3, -0.25) is 4.68 Å². The van der Waals surface area contributed by atoms with E-state index >= 15 is 0 Å². The number of nitrogens with zero attached hydrogens (tertiary/aromatic N) is 2. The van der Waals surface area contributed by atoms with Crippen molar-refractivity contribution in [1.82, 2.24) is 9.78 Å². The fourth-order valence-electron chi connectivity index (χ4n) is 2.16. The van der Waals surface area contributed by atoms with E-state index in [2.05, 4.69) is 12.0 Å². The van der Waals surface area contributed by atoms with E-state index in [1.54, 1.807) is 4.68 Å². The standard InChI is InChI=1S/C10H16N2O/c1-3-7-4-5-9-8(10(7)13)6-12(2)11-9/h6-7,10,13H,3-5H2,1-2H3. The van der Waals surface area contributed by atoms with Crippen molar-refractivity contribution >= 4 is 0 Å². The van der Waals surface area contributed by atoms with E-state index in [4.69, 9.17) is 0 Å². The lowest BCUT2D eigenvalue weighted by molar-refractivity contribution is 0.0912. The second kappa shape index (κ2) is 3.14. The van der Waals surface area contributed by atoms with Crippen molar-refractivity contribution in [2.45, 2.75) is 32.3 Å². The zero-order chi connectivity index (χ0) is 9.42. The summed E-state index contributed by atoms with van der Waals surface area (Å²) in [5.41, 5.74) is 2.13. The number of aromatic nitrogens is 2. The number of fused-ring (bicyclic) bond motifs is 1.